The number of rotatable bonds is 1. The van der Waals surface area contributed by atoms with Gasteiger partial charge >= 0.3 is 0 Å². The van der Waals surface area contributed by atoms with Gasteiger partial charge < -0.3 is 9.15 Å². The quantitative estimate of drug-likeness (QED) is 0.355. The number of benzene rings is 3. The first kappa shape index (κ1) is 16.0. The van der Waals surface area contributed by atoms with Gasteiger partial charge in [-0.25, -0.2) is 0 Å². The van der Waals surface area contributed by atoms with E-state index in [-0.39, 0.29) is 16.8 Å². The van der Waals surface area contributed by atoms with Crippen molar-refractivity contribution in [2.45, 2.75) is 12.0 Å². The van der Waals surface area contributed by atoms with Crippen molar-refractivity contribution in [3.05, 3.63) is 81.4 Å². The summed E-state index contributed by atoms with van der Waals surface area (Å²) in [6, 6.07) is 14.9. The fourth-order valence-corrected chi connectivity index (χ4v) is 4.53. The molecule has 2 atom stereocenters. The molecule has 0 spiro atoms. The van der Waals surface area contributed by atoms with Crippen LogP contribution in [0.1, 0.15) is 32.2 Å². The second kappa shape index (κ2) is 5.29. The maximum absolute atomic E-state index is 13.5. The lowest BCUT2D eigenvalue weighted by molar-refractivity contribution is -0.385. The van der Waals surface area contributed by atoms with Crippen molar-refractivity contribution in [3.8, 4) is 5.75 Å². The van der Waals surface area contributed by atoms with E-state index in [1.54, 1.807) is 12.1 Å². The number of Topliss-reactive ketones (excluding diaryl/α,β-unsaturated/α-hetero) is 2. The van der Waals surface area contributed by atoms with Crippen LogP contribution in [0.15, 0.2) is 59.0 Å². The van der Waals surface area contributed by atoms with Gasteiger partial charge in [-0.3, -0.25) is 19.7 Å². The predicted molar refractivity (Wildman–Crippen MR) is 103 cm³/mol. The van der Waals surface area contributed by atoms with Gasteiger partial charge in [0.15, 0.2) is 11.9 Å². The number of ether oxygens (including phenoxy) is 1. The lowest BCUT2D eigenvalue weighted by atomic mass is 9.76. The zero-order valence-corrected chi connectivity index (χ0v) is 14.7. The second-order valence-corrected chi connectivity index (χ2v) is 7.15. The molecule has 0 saturated heterocycles. The predicted octanol–water partition coefficient (Wildman–Crippen LogP) is 4.42. The fourth-order valence-electron chi connectivity index (χ4n) is 4.53. The van der Waals surface area contributed by atoms with E-state index in [2.05, 4.69) is 0 Å². The normalized spacial score (nSPS) is 19.7. The molecule has 7 heteroatoms. The minimum absolute atomic E-state index is 0.0338. The summed E-state index contributed by atoms with van der Waals surface area (Å²) < 4.78 is 11.8. The molecule has 29 heavy (non-hydrogen) atoms. The number of hydrogen-bond donors (Lipinski definition) is 0. The van der Waals surface area contributed by atoms with E-state index >= 15 is 0 Å². The Balaban J connectivity index is 1.68. The van der Waals surface area contributed by atoms with Crippen LogP contribution in [-0.2, 0) is 0 Å². The molecular weight excluding hydrogens is 374 g/mol. The maximum Gasteiger partial charge on any atom is 0.280 e. The Morgan fingerprint density at radius 2 is 1.72 bits per heavy atom. The SMILES string of the molecule is O=C1c2c(cccc2[N+](=O)[O-])C(=O)[C@@H]2Oc3ccc4oc5ccccc5c4c3[C@@H]12. The number of furan rings is 1. The topological polar surface area (TPSA) is 99.7 Å². The van der Waals surface area contributed by atoms with E-state index in [0.29, 0.717) is 27.9 Å². The largest absolute Gasteiger partial charge is 0.481 e. The van der Waals surface area contributed by atoms with Gasteiger partial charge in [-0.15, -0.1) is 0 Å². The monoisotopic (exact) mass is 385 g/mol. The molecule has 0 N–H and O–H groups in total. The lowest BCUT2D eigenvalue weighted by Crippen LogP contribution is -2.39. The molecule has 140 valence electrons. The van der Waals surface area contributed by atoms with Crippen LogP contribution < -0.4 is 4.74 Å². The number of carbonyl (C=O) groups excluding carboxylic acids is 2. The second-order valence-electron chi connectivity index (χ2n) is 7.15. The van der Waals surface area contributed by atoms with Crippen LogP contribution in [-0.4, -0.2) is 22.6 Å². The fraction of sp³-hybridized carbons (Fsp3) is 0.0909. The van der Waals surface area contributed by atoms with Gasteiger partial charge in [0, 0.05) is 28.0 Å². The third-order valence-electron chi connectivity index (χ3n) is 5.70. The van der Waals surface area contributed by atoms with Crippen molar-refractivity contribution in [1.82, 2.24) is 0 Å². The number of carbonyl (C=O) groups is 2. The van der Waals surface area contributed by atoms with Crippen LogP contribution in [0.5, 0.6) is 5.75 Å². The molecule has 2 aliphatic rings. The molecular formula is C22H11NO6. The van der Waals surface area contributed by atoms with Crippen molar-refractivity contribution >= 4 is 39.2 Å². The van der Waals surface area contributed by atoms with Crippen molar-refractivity contribution < 1.29 is 23.7 Å². The van der Waals surface area contributed by atoms with Crippen molar-refractivity contribution in [3.63, 3.8) is 0 Å². The summed E-state index contributed by atoms with van der Waals surface area (Å²) in [7, 11) is 0. The van der Waals surface area contributed by atoms with E-state index in [9.17, 15) is 19.7 Å². The van der Waals surface area contributed by atoms with Crippen molar-refractivity contribution in [2.24, 2.45) is 0 Å². The Bertz CT molecular complexity index is 1420. The smallest absolute Gasteiger partial charge is 0.280 e. The standard InChI is InChI=1S/C22H11NO6/c24-20-11-5-3-6-12(23(26)27)16(11)21(25)19-18-15(29-22(19)20)9-8-14-17(18)10-4-1-2-7-13(10)28-14/h1-9,19,22H/t19-,22+/m0/s1. The Kier molecular flexibility index (Phi) is 2.92. The maximum atomic E-state index is 13.5. The molecule has 0 fully saturated rings. The first-order valence-electron chi connectivity index (χ1n) is 9.03. The highest BCUT2D eigenvalue weighted by Gasteiger charge is 2.52. The summed E-state index contributed by atoms with van der Waals surface area (Å²) in [5.41, 5.74) is 1.30. The van der Waals surface area contributed by atoms with Crippen LogP contribution in [0.4, 0.5) is 5.69 Å². The number of nitro groups is 1. The van der Waals surface area contributed by atoms with Crippen LogP contribution in [0.25, 0.3) is 21.9 Å². The van der Waals surface area contributed by atoms with Gasteiger partial charge in [0.25, 0.3) is 5.69 Å². The number of hydrogen-bond acceptors (Lipinski definition) is 6. The van der Waals surface area contributed by atoms with Crippen molar-refractivity contribution in [1.29, 1.82) is 0 Å². The molecule has 0 saturated carbocycles. The number of nitrogens with zero attached hydrogens (tertiary/aromatic N) is 1. The first-order chi connectivity index (χ1) is 14.1. The van der Waals surface area contributed by atoms with E-state index in [4.69, 9.17) is 9.15 Å². The van der Waals surface area contributed by atoms with Gasteiger partial charge in [0.2, 0.25) is 5.78 Å². The average Bonchev–Trinajstić information content (AvgIpc) is 3.29. The van der Waals surface area contributed by atoms with E-state index < -0.39 is 28.5 Å². The summed E-state index contributed by atoms with van der Waals surface area (Å²) in [4.78, 5) is 37.4. The molecule has 0 unspecified atom stereocenters. The molecule has 1 aliphatic carbocycles. The molecule has 2 heterocycles. The Morgan fingerprint density at radius 1 is 0.897 bits per heavy atom. The van der Waals surface area contributed by atoms with Gasteiger partial charge in [-0.1, -0.05) is 30.3 Å². The number of fused-ring (bicyclic) bond motifs is 8. The summed E-state index contributed by atoms with van der Waals surface area (Å²) in [6.45, 7) is 0. The van der Waals surface area contributed by atoms with E-state index in [0.717, 1.165) is 5.39 Å². The highest BCUT2D eigenvalue weighted by Crippen LogP contribution is 2.50. The van der Waals surface area contributed by atoms with Crippen LogP contribution in [0.2, 0.25) is 0 Å². The van der Waals surface area contributed by atoms with Gasteiger partial charge in [-0.2, -0.15) is 0 Å². The molecule has 1 aromatic heterocycles. The Labute approximate surface area is 162 Å². The number of nitro benzene ring substituents is 1. The zero-order chi connectivity index (χ0) is 19.9. The molecule has 6 rings (SSSR count). The number of para-hydroxylation sites is 1. The highest BCUT2D eigenvalue weighted by molar-refractivity contribution is 6.23. The molecule has 7 nitrogen and oxygen atoms in total. The molecule has 3 aromatic carbocycles. The van der Waals surface area contributed by atoms with Gasteiger partial charge in [0.1, 0.15) is 22.5 Å². The van der Waals surface area contributed by atoms with Crippen molar-refractivity contribution in [2.75, 3.05) is 0 Å². The molecule has 0 radical (unpaired) electrons. The summed E-state index contributed by atoms with van der Waals surface area (Å²) in [5, 5.41) is 13.0. The molecule has 0 amide bonds. The first-order valence-corrected chi connectivity index (χ1v) is 9.03. The molecule has 1 aliphatic heterocycles. The third-order valence-corrected chi connectivity index (χ3v) is 5.70. The summed E-state index contributed by atoms with van der Waals surface area (Å²) in [5.74, 6) is -1.43. The third kappa shape index (κ3) is 1.91. The van der Waals surface area contributed by atoms with Crippen LogP contribution in [0.3, 0.4) is 0 Å². The zero-order valence-electron chi connectivity index (χ0n) is 14.7. The van der Waals surface area contributed by atoms with Crippen LogP contribution >= 0.6 is 0 Å². The summed E-state index contributed by atoms with van der Waals surface area (Å²) in [6.07, 6.45) is -1.04. The molecule has 0 bridgehead atoms. The Hall–Kier alpha value is -4.00. The lowest BCUT2D eigenvalue weighted by Gasteiger charge is -2.24. The summed E-state index contributed by atoms with van der Waals surface area (Å²) >= 11 is 0. The van der Waals surface area contributed by atoms with E-state index in [1.165, 1.54) is 18.2 Å². The molecule has 4 aromatic rings. The highest BCUT2D eigenvalue weighted by atomic mass is 16.6. The van der Waals surface area contributed by atoms with E-state index in [1.807, 2.05) is 24.3 Å². The van der Waals surface area contributed by atoms with Crippen LogP contribution in [0, 0.1) is 10.1 Å². The van der Waals surface area contributed by atoms with Gasteiger partial charge in [0.05, 0.1) is 10.8 Å². The number of ketones is 2. The minimum Gasteiger partial charge on any atom is -0.481 e. The Morgan fingerprint density at radius 3 is 2.55 bits per heavy atom. The van der Waals surface area contributed by atoms with Gasteiger partial charge in [-0.05, 0) is 18.2 Å². The minimum atomic E-state index is -1.04. The average molecular weight is 385 g/mol.